The van der Waals surface area contributed by atoms with E-state index in [0.717, 1.165) is 0 Å². The first-order valence-corrected chi connectivity index (χ1v) is 2.86. The van der Waals surface area contributed by atoms with Crippen molar-refractivity contribution in [3.8, 4) is 5.75 Å². The maximum Gasteiger partial charge on any atom is 0.379 e. The lowest BCUT2D eigenvalue weighted by Crippen LogP contribution is -1.96. The molecule has 0 unspecified atom stereocenters. The summed E-state index contributed by atoms with van der Waals surface area (Å²) in [6, 6.07) is 5.06. The number of carbonyl (C=O) groups is 1. The molecule has 1 rings (SSSR count). The van der Waals surface area contributed by atoms with E-state index in [1.165, 1.54) is 24.3 Å². The van der Waals surface area contributed by atoms with Gasteiger partial charge in [-0.05, 0) is 24.3 Å². The molecule has 0 aliphatic heterocycles. The predicted molar refractivity (Wildman–Crippen MR) is 34.6 cm³/mol. The van der Waals surface area contributed by atoms with Crippen LogP contribution in [0.5, 0.6) is 5.75 Å². The fourth-order valence-corrected chi connectivity index (χ4v) is 0.642. The second kappa shape index (κ2) is 3.01. The van der Waals surface area contributed by atoms with Crippen LogP contribution in [0.1, 0.15) is 10.4 Å². The minimum absolute atomic E-state index is 0.0143. The van der Waals surface area contributed by atoms with Crippen LogP contribution in [0.3, 0.4) is 0 Å². The van der Waals surface area contributed by atoms with Crippen LogP contribution >= 0.6 is 0 Å². The number of hydrogen-bond acceptors (Lipinski definition) is 3. The number of carbonyl (C=O) groups excluding carboxylic acids is 1. The van der Waals surface area contributed by atoms with Crippen LogP contribution in [-0.4, -0.2) is 11.1 Å². The summed E-state index contributed by atoms with van der Waals surface area (Å²) in [6.07, 6.45) is 0. The highest BCUT2D eigenvalue weighted by Crippen LogP contribution is 2.10. The quantitative estimate of drug-likeness (QED) is 0.669. The van der Waals surface area contributed by atoms with E-state index in [9.17, 15) is 9.32 Å². The van der Waals surface area contributed by atoms with E-state index in [2.05, 4.69) is 4.94 Å². The topological polar surface area (TPSA) is 46.5 Å². The molecule has 0 bridgehead atoms. The molecular formula is C7H5FO3. The van der Waals surface area contributed by atoms with Crippen molar-refractivity contribution >= 4 is 5.97 Å². The Hall–Kier alpha value is -1.58. The van der Waals surface area contributed by atoms with Crippen molar-refractivity contribution in [2.75, 3.05) is 0 Å². The van der Waals surface area contributed by atoms with Gasteiger partial charge >= 0.3 is 5.97 Å². The van der Waals surface area contributed by atoms with Gasteiger partial charge in [-0.15, -0.1) is 0 Å². The molecule has 0 saturated carbocycles. The van der Waals surface area contributed by atoms with Gasteiger partial charge in [0, 0.05) is 4.53 Å². The van der Waals surface area contributed by atoms with Crippen molar-refractivity contribution in [1.82, 2.24) is 0 Å². The summed E-state index contributed by atoms with van der Waals surface area (Å²) in [7, 11) is 0. The Labute approximate surface area is 61.9 Å². The van der Waals surface area contributed by atoms with Crippen LogP contribution in [-0.2, 0) is 4.94 Å². The lowest BCUT2D eigenvalue weighted by atomic mass is 10.2. The molecule has 0 heterocycles. The molecule has 58 valence electrons. The molecule has 1 aromatic rings. The van der Waals surface area contributed by atoms with Crippen LogP contribution < -0.4 is 0 Å². The first-order chi connectivity index (χ1) is 5.24. The number of halogens is 1. The molecule has 0 aromatic heterocycles. The zero-order valence-electron chi connectivity index (χ0n) is 5.45. The number of rotatable bonds is 1. The molecule has 0 spiro atoms. The van der Waals surface area contributed by atoms with Gasteiger partial charge in [0.15, 0.2) is 0 Å². The van der Waals surface area contributed by atoms with E-state index >= 15 is 0 Å². The van der Waals surface area contributed by atoms with E-state index in [-0.39, 0.29) is 11.3 Å². The molecule has 0 aliphatic rings. The Kier molecular flexibility index (Phi) is 2.06. The lowest BCUT2D eigenvalue weighted by Gasteiger charge is -1.93. The SMILES string of the molecule is O=C(OF)c1ccc(O)cc1. The molecule has 1 aromatic carbocycles. The number of benzene rings is 1. The molecule has 1 N–H and O–H groups in total. The Bertz CT molecular complexity index is 255. The Morgan fingerprint density at radius 2 is 1.91 bits per heavy atom. The minimum atomic E-state index is -1.06. The smallest absolute Gasteiger partial charge is 0.379 e. The standard InChI is InChI=1S/C7H5FO3/c8-11-7(10)5-1-3-6(9)4-2-5/h1-4,9H. The number of hydrogen-bond donors (Lipinski definition) is 1. The van der Waals surface area contributed by atoms with Crippen molar-refractivity contribution in [3.63, 3.8) is 0 Å². The van der Waals surface area contributed by atoms with Crippen LogP contribution in [0.25, 0.3) is 0 Å². The highest BCUT2D eigenvalue weighted by Gasteiger charge is 2.05. The molecular weight excluding hydrogens is 151 g/mol. The molecule has 0 fully saturated rings. The lowest BCUT2D eigenvalue weighted by molar-refractivity contribution is -0.0788. The van der Waals surface area contributed by atoms with Crippen molar-refractivity contribution in [2.24, 2.45) is 0 Å². The zero-order valence-corrected chi connectivity index (χ0v) is 5.45. The summed E-state index contributed by atoms with van der Waals surface area (Å²) in [4.78, 5) is 13.4. The van der Waals surface area contributed by atoms with Gasteiger partial charge in [0.05, 0.1) is 5.56 Å². The Morgan fingerprint density at radius 3 is 2.36 bits per heavy atom. The van der Waals surface area contributed by atoms with Crippen molar-refractivity contribution in [1.29, 1.82) is 0 Å². The average Bonchev–Trinajstić information content (AvgIpc) is 2.05. The van der Waals surface area contributed by atoms with Gasteiger partial charge < -0.3 is 5.11 Å². The van der Waals surface area contributed by atoms with E-state index in [1.807, 2.05) is 0 Å². The number of phenolic OH excluding ortho intramolecular Hbond substituents is 1. The largest absolute Gasteiger partial charge is 0.508 e. The van der Waals surface area contributed by atoms with Gasteiger partial charge in [-0.2, -0.15) is 0 Å². The molecule has 0 radical (unpaired) electrons. The molecule has 3 nitrogen and oxygen atoms in total. The molecule has 0 atom stereocenters. The van der Waals surface area contributed by atoms with E-state index in [0.29, 0.717) is 0 Å². The highest BCUT2D eigenvalue weighted by molar-refractivity contribution is 5.88. The van der Waals surface area contributed by atoms with Gasteiger partial charge in [-0.25, -0.2) is 9.74 Å². The van der Waals surface area contributed by atoms with Crippen molar-refractivity contribution in [2.45, 2.75) is 0 Å². The van der Waals surface area contributed by atoms with Gasteiger partial charge in [-0.1, -0.05) is 0 Å². The number of phenols is 1. The fourth-order valence-electron chi connectivity index (χ4n) is 0.642. The Balaban J connectivity index is 2.90. The van der Waals surface area contributed by atoms with Gasteiger partial charge in [-0.3, -0.25) is 0 Å². The van der Waals surface area contributed by atoms with Gasteiger partial charge in [0.1, 0.15) is 5.75 Å². The maximum atomic E-state index is 11.3. The summed E-state index contributed by atoms with van der Waals surface area (Å²) in [5.41, 5.74) is 0.0605. The predicted octanol–water partition coefficient (Wildman–Crippen LogP) is 1.43. The van der Waals surface area contributed by atoms with E-state index in [4.69, 9.17) is 5.11 Å². The summed E-state index contributed by atoms with van der Waals surface area (Å²) >= 11 is 0. The summed E-state index contributed by atoms with van der Waals surface area (Å²) in [6.45, 7) is 0. The van der Waals surface area contributed by atoms with E-state index in [1.54, 1.807) is 0 Å². The first kappa shape index (κ1) is 7.53. The average molecular weight is 156 g/mol. The van der Waals surface area contributed by atoms with Crippen LogP contribution in [0.2, 0.25) is 0 Å². The van der Waals surface area contributed by atoms with Crippen LogP contribution in [0.15, 0.2) is 24.3 Å². The molecule has 0 saturated heterocycles. The third-order valence-electron chi connectivity index (χ3n) is 1.17. The fraction of sp³-hybridized carbons (Fsp3) is 0. The van der Waals surface area contributed by atoms with Crippen molar-refractivity contribution in [3.05, 3.63) is 29.8 Å². The van der Waals surface area contributed by atoms with Gasteiger partial charge in [0.2, 0.25) is 0 Å². The normalized spacial score (nSPS) is 9.18. The third-order valence-corrected chi connectivity index (χ3v) is 1.17. The molecule has 0 aliphatic carbocycles. The summed E-state index contributed by atoms with van der Waals surface area (Å²) in [5, 5.41) is 8.77. The zero-order chi connectivity index (χ0) is 8.27. The first-order valence-electron chi connectivity index (χ1n) is 2.86. The summed E-state index contributed by atoms with van der Waals surface area (Å²) in [5.74, 6) is -1.05. The minimum Gasteiger partial charge on any atom is -0.508 e. The van der Waals surface area contributed by atoms with Gasteiger partial charge in [0.25, 0.3) is 0 Å². The highest BCUT2D eigenvalue weighted by atomic mass is 19.3. The molecule has 11 heavy (non-hydrogen) atoms. The number of aromatic hydroxyl groups is 1. The summed E-state index contributed by atoms with van der Waals surface area (Å²) < 4.78 is 11.3. The van der Waals surface area contributed by atoms with Crippen LogP contribution in [0, 0.1) is 0 Å². The molecule has 4 heteroatoms. The van der Waals surface area contributed by atoms with Crippen LogP contribution in [0.4, 0.5) is 4.53 Å². The van der Waals surface area contributed by atoms with Crippen molar-refractivity contribution < 1.29 is 19.4 Å². The monoisotopic (exact) mass is 156 g/mol. The third kappa shape index (κ3) is 1.67. The second-order valence-electron chi connectivity index (χ2n) is 1.91. The Morgan fingerprint density at radius 1 is 1.36 bits per heavy atom. The second-order valence-corrected chi connectivity index (χ2v) is 1.91. The van der Waals surface area contributed by atoms with E-state index < -0.39 is 5.97 Å². The molecule has 0 amide bonds. The maximum absolute atomic E-state index is 11.3.